The number of hydrogen-bond donors (Lipinski definition) is 1. The molecule has 7 nitrogen and oxygen atoms in total. The molecule has 10 atom stereocenters. The Morgan fingerprint density at radius 3 is 1.96 bits per heavy atom. The number of carbonyl (C=O) groups is 4. The highest BCUT2D eigenvalue weighted by atomic mass is 16.6. The molecule has 0 bridgehead atoms. The van der Waals surface area contributed by atoms with Gasteiger partial charge in [0.2, 0.25) is 0 Å². The van der Waals surface area contributed by atoms with Gasteiger partial charge in [0.25, 0.3) is 0 Å². The van der Waals surface area contributed by atoms with Crippen molar-refractivity contribution in [3.8, 4) is 0 Å². The standard InChI is InChI=1S/C47H58O7/c1-42-23-24-43(2,41(52)54-37(29-13-9-7-10-14-29)30-15-11-8-12-16-30)28-33(42)32-27-34(48)38-44(3)21-20-36(53-39(49)31-17-18-31)47(6,40(50)51)35(44)19-22-46(38,5)45(32,4)26-25-42/h7-16,27,31,33,35-38H,17-26,28H2,1-6H3,(H,50,51)/t33-,35+,36-,38+,42+,43-,44-,45+,46+,47-/m0/s1. The maximum Gasteiger partial charge on any atom is 0.313 e. The molecule has 1 N–H and O–H groups in total. The summed E-state index contributed by atoms with van der Waals surface area (Å²) in [5.74, 6) is -2.02. The van der Waals surface area contributed by atoms with Crippen molar-refractivity contribution in [3.63, 3.8) is 0 Å². The highest BCUT2D eigenvalue weighted by Gasteiger charge is 2.72. The lowest BCUT2D eigenvalue weighted by molar-refractivity contribution is -0.221. The van der Waals surface area contributed by atoms with E-state index in [0.717, 1.165) is 56.1 Å². The van der Waals surface area contributed by atoms with Crippen molar-refractivity contribution in [2.45, 2.75) is 124 Å². The molecule has 7 heteroatoms. The Morgan fingerprint density at radius 1 is 0.759 bits per heavy atom. The SMILES string of the molecule is C[C@]1(C(=O)OC(c2ccccc2)c2ccccc2)CC[C@]2(C)CC[C@]3(C)C(=CC(=O)[C@@H]4[C@@]5(C)CC[C@H](OC(=O)C6CC6)[C@@](C)(C(=O)O)[C@@H]5CC[C@]43C)[C@@H]2C1. The van der Waals surface area contributed by atoms with E-state index in [4.69, 9.17) is 9.47 Å². The molecule has 54 heavy (non-hydrogen) atoms. The third-order valence-corrected chi connectivity index (χ3v) is 16.7. The van der Waals surface area contributed by atoms with Crippen molar-refractivity contribution < 1.29 is 33.8 Å². The van der Waals surface area contributed by atoms with Crippen LogP contribution in [0, 0.1) is 56.2 Å². The number of fused-ring (bicyclic) bond motifs is 7. The summed E-state index contributed by atoms with van der Waals surface area (Å²) in [7, 11) is 0. The molecule has 0 spiro atoms. The van der Waals surface area contributed by atoms with Crippen LogP contribution in [0.15, 0.2) is 72.3 Å². The topological polar surface area (TPSA) is 107 Å². The van der Waals surface area contributed by atoms with Crippen molar-refractivity contribution in [2.75, 3.05) is 0 Å². The summed E-state index contributed by atoms with van der Waals surface area (Å²) in [4.78, 5) is 55.6. The second kappa shape index (κ2) is 12.6. The van der Waals surface area contributed by atoms with Crippen LogP contribution in [0.2, 0.25) is 0 Å². The maximum absolute atomic E-state index is 15.0. The maximum atomic E-state index is 15.0. The average Bonchev–Trinajstić information content (AvgIpc) is 4.00. The number of esters is 2. The van der Waals surface area contributed by atoms with Gasteiger partial charge in [-0.15, -0.1) is 0 Å². The fourth-order valence-corrected chi connectivity index (χ4v) is 12.9. The molecule has 0 saturated heterocycles. The summed E-state index contributed by atoms with van der Waals surface area (Å²) in [5.41, 5.74) is -0.243. The molecule has 8 rings (SSSR count). The van der Waals surface area contributed by atoms with E-state index in [0.29, 0.717) is 25.7 Å². The zero-order valence-corrected chi connectivity index (χ0v) is 33.0. The van der Waals surface area contributed by atoms with Gasteiger partial charge in [-0.25, -0.2) is 0 Å². The fourth-order valence-electron chi connectivity index (χ4n) is 12.9. The largest absolute Gasteiger partial charge is 0.481 e. The fraction of sp³-hybridized carbons (Fsp3) is 0.617. The van der Waals surface area contributed by atoms with Gasteiger partial charge in [0.1, 0.15) is 11.5 Å². The first-order chi connectivity index (χ1) is 25.5. The number of carboxylic acid groups (broad SMARTS) is 1. The zero-order chi connectivity index (χ0) is 38.5. The summed E-state index contributed by atoms with van der Waals surface area (Å²) in [6.45, 7) is 13.0. The Balaban J connectivity index is 1.11. The number of carbonyl (C=O) groups excluding carboxylic acids is 3. The van der Waals surface area contributed by atoms with Gasteiger partial charge in [-0.05, 0) is 135 Å². The van der Waals surface area contributed by atoms with E-state index >= 15 is 0 Å². The lowest BCUT2D eigenvalue weighted by atomic mass is 9.33. The number of allylic oxidation sites excluding steroid dienone is 2. The zero-order valence-electron chi connectivity index (χ0n) is 33.0. The van der Waals surface area contributed by atoms with E-state index in [9.17, 15) is 24.3 Å². The van der Waals surface area contributed by atoms with E-state index in [1.165, 1.54) is 5.57 Å². The number of hydrogen-bond acceptors (Lipinski definition) is 6. The monoisotopic (exact) mass is 734 g/mol. The molecule has 0 heterocycles. The van der Waals surface area contributed by atoms with Crippen LogP contribution < -0.4 is 0 Å². The summed E-state index contributed by atoms with van der Waals surface area (Å²) in [5, 5.41) is 10.9. The van der Waals surface area contributed by atoms with Crippen LogP contribution in [0.3, 0.4) is 0 Å². The van der Waals surface area contributed by atoms with Crippen molar-refractivity contribution in [1.29, 1.82) is 0 Å². The normalized spacial score (nSPS) is 41.3. The molecular formula is C47H58O7. The first-order valence-electron chi connectivity index (χ1n) is 20.5. The summed E-state index contributed by atoms with van der Waals surface area (Å²) in [6.07, 6.45) is 9.02. The second-order valence-corrected chi connectivity index (χ2v) is 19.7. The molecule has 5 fully saturated rings. The van der Waals surface area contributed by atoms with Crippen molar-refractivity contribution in [3.05, 3.63) is 83.4 Å². The van der Waals surface area contributed by atoms with Crippen LogP contribution in [0.25, 0.3) is 0 Å². The van der Waals surface area contributed by atoms with Crippen molar-refractivity contribution in [2.24, 2.45) is 56.2 Å². The summed E-state index contributed by atoms with van der Waals surface area (Å²) < 4.78 is 12.5. The number of carboxylic acids is 1. The van der Waals surface area contributed by atoms with E-state index < -0.39 is 39.8 Å². The molecule has 2 aromatic rings. The van der Waals surface area contributed by atoms with Gasteiger partial charge in [-0.2, -0.15) is 0 Å². The Kier molecular flexibility index (Phi) is 8.71. The Hall–Kier alpha value is -3.74. The number of aliphatic carboxylic acids is 1. The van der Waals surface area contributed by atoms with Crippen molar-refractivity contribution in [1.82, 2.24) is 0 Å². The molecule has 0 aromatic heterocycles. The minimum absolute atomic E-state index is 0.0423. The van der Waals surface area contributed by atoms with Gasteiger partial charge < -0.3 is 14.6 Å². The van der Waals surface area contributed by atoms with Gasteiger partial charge >= 0.3 is 17.9 Å². The van der Waals surface area contributed by atoms with E-state index in [1.807, 2.05) is 66.7 Å². The van der Waals surface area contributed by atoms with Crippen LogP contribution in [-0.4, -0.2) is 34.9 Å². The van der Waals surface area contributed by atoms with Crippen LogP contribution in [-0.2, 0) is 28.7 Å². The lowest BCUT2D eigenvalue weighted by Crippen LogP contribution is -2.68. The molecule has 6 aliphatic rings. The van der Waals surface area contributed by atoms with Crippen molar-refractivity contribution >= 4 is 23.7 Å². The molecule has 5 saturated carbocycles. The predicted molar refractivity (Wildman–Crippen MR) is 205 cm³/mol. The molecule has 0 unspecified atom stereocenters. The van der Waals surface area contributed by atoms with Gasteiger partial charge in [0.15, 0.2) is 11.9 Å². The molecule has 2 aromatic carbocycles. The molecule has 6 aliphatic carbocycles. The van der Waals surface area contributed by atoms with Crippen LogP contribution >= 0.6 is 0 Å². The van der Waals surface area contributed by atoms with Gasteiger partial charge in [-0.3, -0.25) is 19.2 Å². The molecule has 0 amide bonds. The van der Waals surface area contributed by atoms with E-state index in [-0.39, 0.29) is 52.2 Å². The average molecular weight is 735 g/mol. The van der Waals surface area contributed by atoms with Gasteiger partial charge in [-0.1, -0.05) is 93.9 Å². The molecule has 0 aliphatic heterocycles. The highest BCUT2D eigenvalue weighted by Crippen LogP contribution is 2.75. The summed E-state index contributed by atoms with van der Waals surface area (Å²) >= 11 is 0. The number of benzene rings is 2. The van der Waals surface area contributed by atoms with Gasteiger partial charge in [0, 0.05) is 5.92 Å². The molecular weight excluding hydrogens is 677 g/mol. The quantitative estimate of drug-likeness (QED) is 0.282. The predicted octanol–water partition coefficient (Wildman–Crippen LogP) is 9.69. The summed E-state index contributed by atoms with van der Waals surface area (Å²) in [6, 6.07) is 19.9. The number of rotatable bonds is 7. The van der Waals surface area contributed by atoms with Crippen LogP contribution in [0.1, 0.15) is 129 Å². The Labute approximate surface area is 320 Å². The minimum atomic E-state index is -1.28. The number of ether oxygens (including phenoxy) is 2. The Morgan fingerprint density at radius 2 is 1.37 bits per heavy atom. The first-order valence-corrected chi connectivity index (χ1v) is 20.5. The Bertz CT molecular complexity index is 1840. The highest BCUT2D eigenvalue weighted by molar-refractivity contribution is 5.96. The lowest BCUT2D eigenvalue weighted by Gasteiger charge is -2.70. The number of ketones is 1. The van der Waals surface area contributed by atoms with Crippen LogP contribution in [0.5, 0.6) is 0 Å². The third-order valence-electron chi connectivity index (χ3n) is 16.7. The van der Waals surface area contributed by atoms with E-state index in [2.05, 4.69) is 34.6 Å². The smallest absolute Gasteiger partial charge is 0.313 e. The minimum Gasteiger partial charge on any atom is -0.481 e. The first kappa shape index (κ1) is 37.2. The third kappa shape index (κ3) is 5.40. The van der Waals surface area contributed by atoms with E-state index in [1.54, 1.807) is 6.92 Å². The molecule has 0 radical (unpaired) electrons. The molecule has 288 valence electrons. The van der Waals surface area contributed by atoms with Crippen LogP contribution in [0.4, 0.5) is 0 Å². The second-order valence-electron chi connectivity index (χ2n) is 19.7. The van der Waals surface area contributed by atoms with Gasteiger partial charge in [0.05, 0.1) is 11.3 Å².